The Kier molecular flexibility index (Phi) is 5.63. The van der Waals surface area contributed by atoms with E-state index in [0.717, 1.165) is 66.3 Å². The lowest BCUT2D eigenvalue weighted by molar-refractivity contribution is -0.122. The van der Waals surface area contributed by atoms with E-state index < -0.39 is 0 Å². The van der Waals surface area contributed by atoms with E-state index in [-0.39, 0.29) is 29.7 Å². The van der Waals surface area contributed by atoms with Gasteiger partial charge >= 0.3 is 0 Å². The number of aromatic amines is 1. The smallest absolute Gasteiger partial charge is 0.223 e. The number of primary amides is 1. The summed E-state index contributed by atoms with van der Waals surface area (Å²) in [5, 5.41) is 3.61. The lowest BCUT2D eigenvalue weighted by atomic mass is 9.88. The van der Waals surface area contributed by atoms with Crippen molar-refractivity contribution in [2.75, 3.05) is 31.6 Å². The highest BCUT2D eigenvalue weighted by Gasteiger charge is 2.47. The zero-order valence-corrected chi connectivity index (χ0v) is 20.3. The number of halogens is 1. The molecule has 1 saturated heterocycles. The van der Waals surface area contributed by atoms with E-state index in [4.69, 9.17) is 15.5 Å². The number of nitrogens with two attached hydrogens (primary N) is 1. The van der Waals surface area contributed by atoms with Crippen molar-refractivity contribution in [2.24, 2.45) is 23.5 Å². The molecule has 34 heavy (non-hydrogen) atoms. The van der Waals surface area contributed by atoms with Crippen molar-refractivity contribution in [3.05, 3.63) is 52.7 Å². The molecule has 9 heteroatoms. The highest BCUT2D eigenvalue weighted by atomic mass is 79.9. The molecular formula is C25H27BrN6O2. The Labute approximate surface area is 206 Å². The molecule has 2 aromatic heterocycles. The molecule has 8 nitrogen and oxygen atoms in total. The van der Waals surface area contributed by atoms with E-state index in [1.807, 2.05) is 0 Å². The number of carbonyl (C=O) groups is 1. The minimum Gasteiger partial charge on any atom is -0.379 e. The highest BCUT2D eigenvalue weighted by molar-refractivity contribution is 9.10. The number of nitrogens with zero attached hydrogens (tertiary/aromatic N) is 3. The number of nitrogens with one attached hydrogen (secondary N) is 2. The average molecular weight is 523 g/mol. The second-order valence-corrected chi connectivity index (χ2v) is 10.3. The zero-order valence-electron chi connectivity index (χ0n) is 18.7. The first-order chi connectivity index (χ1) is 16.6. The summed E-state index contributed by atoms with van der Waals surface area (Å²) in [4.78, 5) is 27.5. The molecule has 4 atom stereocenters. The molecule has 4 N–H and O–H groups in total. The number of H-pyrrole nitrogens is 1. The summed E-state index contributed by atoms with van der Waals surface area (Å²) < 4.78 is 6.28. The van der Waals surface area contributed by atoms with Gasteiger partial charge in [0.05, 0.1) is 29.3 Å². The molecule has 1 aromatic carbocycles. The Morgan fingerprint density at radius 2 is 2.09 bits per heavy atom. The van der Waals surface area contributed by atoms with Crippen LogP contribution in [0.4, 0.5) is 5.69 Å². The van der Waals surface area contributed by atoms with Gasteiger partial charge in [0, 0.05) is 37.4 Å². The number of ether oxygens (including phenoxy) is 1. The number of rotatable bonds is 6. The van der Waals surface area contributed by atoms with Gasteiger partial charge in [0.15, 0.2) is 5.65 Å². The Hall–Kier alpha value is -2.75. The first-order valence-corrected chi connectivity index (χ1v) is 12.5. The molecule has 2 bridgehead atoms. The van der Waals surface area contributed by atoms with Gasteiger partial charge in [-0.05, 0) is 45.8 Å². The van der Waals surface area contributed by atoms with E-state index in [9.17, 15) is 4.79 Å². The number of hydrogen-bond donors (Lipinski definition) is 3. The van der Waals surface area contributed by atoms with Gasteiger partial charge in [-0.2, -0.15) is 0 Å². The zero-order chi connectivity index (χ0) is 23.2. The van der Waals surface area contributed by atoms with Crippen LogP contribution in [0.5, 0.6) is 0 Å². The number of allylic oxidation sites excluding steroid dienone is 1. The SMILES string of the molecule is NC(=O)C1C2C=CC(C2)C1Nc1c(Br)cnc2[nH]c(-c3cccc(CN4CCOCC4)c3)nc12. The van der Waals surface area contributed by atoms with Gasteiger partial charge in [-0.3, -0.25) is 9.69 Å². The number of aromatic nitrogens is 3. The Morgan fingerprint density at radius 1 is 1.26 bits per heavy atom. The molecule has 0 radical (unpaired) electrons. The van der Waals surface area contributed by atoms with Gasteiger partial charge in [0.2, 0.25) is 5.91 Å². The topological polar surface area (TPSA) is 109 Å². The predicted octanol–water partition coefficient (Wildman–Crippen LogP) is 3.31. The highest BCUT2D eigenvalue weighted by Crippen LogP contribution is 2.46. The van der Waals surface area contributed by atoms with Crippen LogP contribution >= 0.6 is 15.9 Å². The van der Waals surface area contributed by atoms with Gasteiger partial charge in [0.25, 0.3) is 0 Å². The fourth-order valence-electron chi connectivity index (χ4n) is 5.61. The van der Waals surface area contributed by atoms with E-state index in [2.05, 4.69) is 72.5 Å². The molecule has 0 spiro atoms. The van der Waals surface area contributed by atoms with Crippen molar-refractivity contribution in [3.8, 4) is 11.4 Å². The van der Waals surface area contributed by atoms with Crippen molar-refractivity contribution in [1.82, 2.24) is 19.9 Å². The molecule has 3 heterocycles. The number of anilines is 1. The molecule has 176 valence electrons. The summed E-state index contributed by atoms with van der Waals surface area (Å²) in [7, 11) is 0. The largest absolute Gasteiger partial charge is 0.379 e. The standard InChI is InChI=1S/C25H27BrN6O2/c26-18-12-28-25-22(21(18)29-20-16-5-4-15(11-16)19(20)23(27)33)30-24(31-25)17-3-1-2-14(10-17)13-32-6-8-34-9-7-32/h1-5,10,12,15-16,19-20H,6-9,11,13H2,(H2,27,33)(H2,28,29,30,31). The fraction of sp³-hybridized carbons (Fsp3) is 0.400. The number of imidazole rings is 1. The maximum atomic E-state index is 12.2. The molecule has 1 aliphatic heterocycles. The number of benzene rings is 1. The second-order valence-electron chi connectivity index (χ2n) is 9.40. The normalized spacial score (nSPS) is 26.4. The summed E-state index contributed by atoms with van der Waals surface area (Å²) >= 11 is 3.64. The third-order valence-corrected chi connectivity index (χ3v) is 7.88. The molecular weight excluding hydrogens is 496 g/mol. The van der Waals surface area contributed by atoms with Gasteiger partial charge < -0.3 is 20.8 Å². The van der Waals surface area contributed by atoms with Gasteiger partial charge in [0.1, 0.15) is 11.3 Å². The van der Waals surface area contributed by atoms with Crippen LogP contribution in [0.15, 0.2) is 47.1 Å². The molecule has 2 aliphatic carbocycles. The van der Waals surface area contributed by atoms with Crippen molar-refractivity contribution < 1.29 is 9.53 Å². The first kappa shape index (κ1) is 21.8. The molecule has 2 fully saturated rings. The van der Waals surface area contributed by atoms with Crippen molar-refractivity contribution in [3.63, 3.8) is 0 Å². The lowest BCUT2D eigenvalue weighted by Crippen LogP contribution is -2.41. The minimum atomic E-state index is -0.254. The van der Waals surface area contributed by atoms with Crippen LogP contribution in [0.1, 0.15) is 12.0 Å². The third kappa shape index (κ3) is 3.91. The summed E-state index contributed by atoms with van der Waals surface area (Å²) in [5.74, 6) is 0.788. The number of fused-ring (bicyclic) bond motifs is 3. The third-order valence-electron chi connectivity index (χ3n) is 7.28. The lowest BCUT2D eigenvalue weighted by Gasteiger charge is -2.28. The summed E-state index contributed by atoms with van der Waals surface area (Å²) in [6.07, 6.45) is 7.05. The van der Waals surface area contributed by atoms with Crippen molar-refractivity contribution in [1.29, 1.82) is 0 Å². The maximum absolute atomic E-state index is 12.2. The number of morpholine rings is 1. The monoisotopic (exact) mass is 522 g/mol. The van der Waals surface area contributed by atoms with Crippen molar-refractivity contribution >= 4 is 38.7 Å². The second kappa shape index (κ2) is 8.79. The van der Waals surface area contributed by atoms with Crippen LogP contribution in [-0.2, 0) is 16.1 Å². The van der Waals surface area contributed by atoms with Crippen LogP contribution in [0.3, 0.4) is 0 Å². The Bertz CT molecular complexity index is 1270. The summed E-state index contributed by atoms with van der Waals surface area (Å²) in [5.41, 5.74) is 10.3. The molecule has 3 aromatic rings. The molecule has 6 rings (SSSR count). The quantitative estimate of drug-likeness (QED) is 0.428. The van der Waals surface area contributed by atoms with E-state index in [1.54, 1.807) is 6.20 Å². The molecule has 1 amide bonds. The first-order valence-electron chi connectivity index (χ1n) is 11.7. The number of pyridine rings is 1. The van der Waals surface area contributed by atoms with E-state index in [1.165, 1.54) is 5.56 Å². The minimum absolute atomic E-state index is 0.0496. The maximum Gasteiger partial charge on any atom is 0.223 e. The number of amides is 1. The average Bonchev–Trinajstić information content (AvgIpc) is 3.56. The van der Waals surface area contributed by atoms with Crippen LogP contribution in [0.2, 0.25) is 0 Å². The molecule has 4 unspecified atom stereocenters. The molecule has 1 saturated carbocycles. The number of carbonyl (C=O) groups excluding carboxylic acids is 1. The fourth-order valence-corrected chi connectivity index (χ4v) is 6.02. The van der Waals surface area contributed by atoms with Gasteiger partial charge in [-0.25, -0.2) is 9.97 Å². The number of hydrogen-bond acceptors (Lipinski definition) is 6. The van der Waals surface area contributed by atoms with E-state index in [0.29, 0.717) is 5.65 Å². The van der Waals surface area contributed by atoms with Gasteiger partial charge in [-0.15, -0.1) is 0 Å². The summed E-state index contributed by atoms with van der Waals surface area (Å²) in [6, 6.07) is 8.41. The van der Waals surface area contributed by atoms with Crippen molar-refractivity contribution in [2.45, 2.75) is 19.0 Å². The molecule has 3 aliphatic rings. The van der Waals surface area contributed by atoms with Gasteiger partial charge in [-0.1, -0.05) is 30.4 Å². The Balaban J connectivity index is 1.31. The van der Waals surface area contributed by atoms with Crippen LogP contribution in [-0.4, -0.2) is 58.1 Å². The van der Waals surface area contributed by atoms with Crippen LogP contribution in [0, 0.1) is 17.8 Å². The van der Waals surface area contributed by atoms with Crippen LogP contribution < -0.4 is 11.1 Å². The Morgan fingerprint density at radius 3 is 2.91 bits per heavy atom. The predicted molar refractivity (Wildman–Crippen MR) is 134 cm³/mol. The van der Waals surface area contributed by atoms with E-state index >= 15 is 0 Å². The van der Waals surface area contributed by atoms with Crippen LogP contribution in [0.25, 0.3) is 22.6 Å². The summed E-state index contributed by atoms with van der Waals surface area (Å²) in [6.45, 7) is 4.36.